The number of carbonyl (C=O) groups is 2. The van der Waals surface area contributed by atoms with Gasteiger partial charge in [-0.1, -0.05) is 18.2 Å². The lowest BCUT2D eigenvalue weighted by Crippen LogP contribution is -2.50. The molecular weight excluding hydrogens is 468 g/mol. The Bertz CT molecular complexity index is 1190. The maximum atomic E-state index is 13.5. The van der Waals surface area contributed by atoms with Gasteiger partial charge in [-0.3, -0.25) is 14.3 Å². The molecule has 0 atom stereocenters. The number of ether oxygens (including phenoxy) is 1. The van der Waals surface area contributed by atoms with Gasteiger partial charge in [0.05, 0.1) is 23.7 Å². The molecule has 186 valence electrons. The van der Waals surface area contributed by atoms with E-state index < -0.39 is 10.0 Å². The number of nitrogens with zero attached hydrogens (tertiary/aromatic N) is 3. The molecule has 1 saturated carbocycles. The molecule has 3 fully saturated rings. The van der Waals surface area contributed by atoms with Crippen molar-refractivity contribution >= 4 is 33.2 Å². The Kier molecular flexibility index (Phi) is 6.66. The zero-order valence-corrected chi connectivity index (χ0v) is 20.4. The van der Waals surface area contributed by atoms with Crippen LogP contribution in [0.3, 0.4) is 0 Å². The van der Waals surface area contributed by atoms with Gasteiger partial charge in [-0.25, -0.2) is 8.42 Å². The summed E-state index contributed by atoms with van der Waals surface area (Å²) in [6, 6.07) is 13.2. The molecular formula is C25H30N4O5S. The number of carbonyl (C=O) groups excluding carboxylic acids is 2. The number of rotatable bonds is 6. The normalized spacial score (nSPS) is 18.9. The Labute approximate surface area is 205 Å². The zero-order chi connectivity index (χ0) is 24.4. The SMILES string of the molecule is O=C(c1cc(NS(=O)(=O)c2ccccc2)ccc1N1CCN(C(=O)C2CC2)CC1)N1CCOCC1. The predicted molar refractivity (Wildman–Crippen MR) is 132 cm³/mol. The molecule has 9 nitrogen and oxygen atoms in total. The van der Waals surface area contributed by atoms with Gasteiger partial charge in [0, 0.05) is 56.6 Å². The second-order valence-electron chi connectivity index (χ2n) is 9.14. The molecule has 0 bridgehead atoms. The molecule has 1 aliphatic carbocycles. The molecule has 2 amide bonds. The summed E-state index contributed by atoms with van der Waals surface area (Å²) in [5.74, 6) is 0.275. The van der Waals surface area contributed by atoms with Gasteiger partial charge in [-0.05, 0) is 43.2 Å². The fraction of sp³-hybridized carbons (Fsp3) is 0.440. The minimum absolute atomic E-state index is 0.152. The fourth-order valence-electron chi connectivity index (χ4n) is 4.55. The zero-order valence-electron chi connectivity index (χ0n) is 19.6. The summed E-state index contributed by atoms with van der Waals surface area (Å²) >= 11 is 0. The molecule has 2 saturated heterocycles. The molecule has 5 rings (SSSR count). The number of sulfonamides is 1. The molecule has 35 heavy (non-hydrogen) atoms. The lowest BCUT2D eigenvalue weighted by atomic mass is 10.1. The molecule has 1 N–H and O–H groups in total. The van der Waals surface area contributed by atoms with Crippen molar-refractivity contribution in [3.63, 3.8) is 0 Å². The molecule has 2 aliphatic heterocycles. The summed E-state index contributed by atoms with van der Waals surface area (Å²) < 4.78 is 33.7. The van der Waals surface area contributed by atoms with Crippen LogP contribution in [0.2, 0.25) is 0 Å². The van der Waals surface area contributed by atoms with Crippen LogP contribution in [-0.2, 0) is 19.6 Å². The second-order valence-corrected chi connectivity index (χ2v) is 10.8. The number of anilines is 2. The Morgan fingerprint density at radius 2 is 1.54 bits per heavy atom. The van der Waals surface area contributed by atoms with Crippen LogP contribution in [0.15, 0.2) is 53.4 Å². The summed E-state index contributed by atoms with van der Waals surface area (Å²) in [6.07, 6.45) is 1.97. The van der Waals surface area contributed by atoms with Crippen LogP contribution in [-0.4, -0.2) is 82.5 Å². The highest BCUT2D eigenvalue weighted by Gasteiger charge is 2.35. The topological polar surface area (TPSA) is 99.3 Å². The van der Waals surface area contributed by atoms with Crippen LogP contribution in [0.1, 0.15) is 23.2 Å². The highest BCUT2D eigenvalue weighted by molar-refractivity contribution is 7.92. The van der Waals surface area contributed by atoms with E-state index >= 15 is 0 Å². The van der Waals surface area contributed by atoms with Crippen LogP contribution in [0.5, 0.6) is 0 Å². The van der Waals surface area contributed by atoms with Crippen molar-refractivity contribution in [3.05, 3.63) is 54.1 Å². The van der Waals surface area contributed by atoms with Crippen LogP contribution in [0.25, 0.3) is 0 Å². The summed E-state index contributed by atoms with van der Waals surface area (Å²) in [4.78, 5) is 31.9. The Morgan fingerprint density at radius 1 is 0.857 bits per heavy atom. The third kappa shape index (κ3) is 5.28. The maximum absolute atomic E-state index is 13.5. The summed E-state index contributed by atoms with van der Waals surface area (Å²) in [5, 5.41) is 0. The molecule has 0 spiro atoms. The number of benzene rings is 2. The average Bonchev–Trinajstić information content (AvgIpc) is 3.74. The number of nitrogens with one attached hydrogen (secondary N) is 1. The van der Waals surface area contributed by atoms with Crippen molar-refractivity contribution in [1.29, 1.82) is 0 Å². The van der Waals surface area contributed by atoms with Gasteiger partial charge in [-0.15, -0.1) is 0 Å². The standard InChI is InChI=1S/C25H30N4O5S/c30-24(19-6-7-19)28-12-10-27(11-13-28)23-9-8-20(26-35(32,33)21-4-2-1-3-5-21)18-22(23)25(31)29-14-16-34-17-15-29/h1-5,8-9,18-19,26H,6-7,10-17H2. The first-order valence-electron chi connectivity index (χ1n) is 12.0. The van der Waals surface area contributed by atoms with Gasteiger partial charge in [0.25, 0.3) is 15.9 Å². The Balaban J connectivity index is 1.40. The van der Waals surface area contributed by atoms with Crippen LogP contribution >= 0.6 is 0 Å². The first-order chi connectivity index (χ1) is 16.9. The molecule has 3 aliphatic rings. The van der Waals surface area contributed by atoms with Gasteiger partial charge in [0.15, 0.2) is 0 Å². The highest BCUT2D eigenvalue weighted by atomic mass is 32.2. The molecule has 0 radical (unpaired) electrons. The molecule has 2 aromatic rings. The molecule has 0 aromatic heterocycles. The fourth-order valence-corrected chi connectivity index (χ4v) is 5.62. The Morgan fingerprint density at radius 3 is 2.20 bits per heavy atom. The average molecular weight is 499 g/mol. The number of morpholine rings is 1. The lowest BCUT2D eigenvalue weighted by Gasteiger charge is -2.37. The van der Waals surface area contributed by atoms with Crippen LogP contribution in [0, 0.1) is 5.92 Å². The van der Waals surface area contributed by atoms with E-state index in [-0.39, 0.29) is 22.6 Å². The maximum Gasteiger partial charge on any atom is 0.261 e. The minimum Gasteiger partial charge on any atom is -0.378 e. The van der Waals surface area contributed by atoms with Crippen molar-refractivity contribution < 1.29 is 22.7 Å². The quantitative estimate of drug-likeness (QED) is 0.654. The Hall–Kier alpha value is -3.11. The minimum atomic E-state index is -3.79. The van der Waals surface area contributed by atoms with E-state index in [1.54, 1.807) is 41.3 Å². The van der Waals surface area contributed by atoms with Gasteiger partial charge in [-0.2, -0.15) is 0 Å². The molecule has 10 heteroatoms. The van der Waals surface area contributed by atoms with Crippen molar-refractivity contribution in [2.24, 2.45) is 5.92 Å². The van der Waals surface area contributed by atoms with Crippen LogP contribution < -0.4 is 9.62 Å². The van der Waals surface area contributed by atoms with E-state index in [0.29, 0.717) is 63.7 Å². The summed E-state index contributed by atoms with van der Waals surface area (Å²) in [6.45, 7) is 4.40. The van der Waals surface area contributed by atoms with E-state index in [9.17, 15) is 18.0 Å². The number of amides is 2. The highest BCUT2D eigenvalue weighted by Crippen LogP contribution is 2.32. The summed E-state index contributed by atoms with van der Waals surface area (Å²) in [5.41, 5.74) is 1.53. The van der Waals surface area contributed by atoms with Crippen molar-refractivity contribution in [1.82, 2.24) is 9.80 Å². The van der Waals surface area contributed by atoms with Crippen molar-refractivity contribution in [2.45, 2.75) is 17.7 Å². The van der Waals surface area contributed by atoms with Crippen molar-refractivity contribution in [3.8, 4) is 0 Å². The van der Waals surface area contributed by atoms with E-state index in [0.717, 1.165) is 18.5 Å². The van der Waals surface area contributed by atoms with Gasteiger partial charge in [0.1, 0.15) is 0 Å². The molecule has 0 unspecified atom stereocenters. The summed E-state index contributed by atoms with van der Waals surface area (Å²) in [7, 11) is -3.79. The van der Waals surface area contributed by atoms with E-state index in [2.05, 4.69) is 9.62 Å². The van der Waals surface area contributed by atoms with Crippen LogP contribution in [0.4, 0.5) is 11.4 Å². The lowest BCUT2D eigenvalue weighted by molar-refractivity contribution is -0.132. The number of hydrogen-bond acceptors (Lipinski definition) is 6. The number of piperazine rings is 1. The molecule has 2 aromatic carbocycles. The first kappa shape index (κ1) is 23.6. The second kappa shape index (κ2) is 9.87. The van der Waals surface area contributed by atoms with Gasteiger partial charge < -0.3 is 19.4 Å². The van der Waals surface area contributed by atoms with E-state index in [1.807, 2.05) is 4.90 Å². The monoisotopic (exact) mass is 498 g/mol. The third-order valence-corrected chi connectivity index (χ3v) is 8.09. The van der Waals surface area contributed by atoms with E-state index in [4.69, 9.17) is 4.74 Å². The smallest absolute Gasteiger partial charge is 0.261 e. The van der Waals surface area contributed by atoms with E-state index in [1.165, 1.54) is 12.1 Å². The number of hydrogen-bond donors (Lipinski definition) is 1. The largest absolute Gasteiger partial charge is 0.378 e. The van der Waals surface area contributed by atoms with Gasteiger partial charge in [0.2, 0.25) is 5.91 Å². The van der Waals surface area contributed by atoms with Crippen molar-refractivity contribution in [2.75, 3.05) is 62.1 Å². The van der Waals surface area contributed by atoms with Gasteiger partial charge >= 0.3 is 0 Å². The molecule has 2 heterocycles. The first-order valence-corrected chi connectivity index (χ1v) is 13.5. The third-order valence-electron chi connectivity index (χ3n) is 6.69. The predicted octanol–water partition coefficient (Wildman–Crippen LogP) is 2.02.